The van der Waals surface area contributed by atoms with Gasteiger partial charge in [0.15, 0.2) is 0 Å². The number of benzene rings is 1. The minimum Gasteiger partial charge on any atom is -0.496 e. The molecule has 6 nitrogen and oxygen atoms in total. The molecular weight excluding hydrogens is 410 g/mol. The Balaban J connectivity index is 1.44. The molecule has 2 aliphatic rings. The number of methoxy groups -OCH3 is 1. The Morgan fingerprint density at radius 3 is 3.03 bits per heavy atom. The van der Waals surface area contributed by atoms with Crippen molar-refractivity contribution in [3.05, 3.63) is 60.6 Å². The third-order valence-corrected chi connectivity index (χ3v) is 7.58. The number of aromatic amines is 1. The summed E-state index contributed by atoms with van der Waals surface area (Å²) in [4.78, 5) is 28.6. The van der Waals surface area contributed by atoms with Crippen LogP contribution in [0.3, 0.4) is 0 Å². The number of hydrogen-bond acceptors (Lipinski definition) is 5. The molecule has 0 spiro atoms. The van der Waals surface area contributed by atoms with Crippen LogP contribution in [-0.2, 0) is 13.0 Å². The maximum absolute atomic E-state index is 12.8. The van der Waals surface area contributed by atoms with Crippen molar-refractivity contribution in [1.29, 1.82) is 0 Å². The number of halogens is 1. The van der Waals surface area contributed by atoms with Gasteiger partial charge in [0.25, 0.3) is 5.56 Å². The first-order valence-corrected chi connectivity index (χ1v) is 11.1. The highest BCUT2D eigenvalue weighted by Crippen LogP contribution is 2.45. The number of ether oxygens (including phenoxy) is 1. The second-order valence-corrected chi connectivity index (χ2v) is 9.52. The number of fused-ring (bicyclic) bond motifs is 4. The highest BCUT2D eigenvalue weighted by atomic mass is 35.5. The van der Waals surface area contributed by atoms with Crippen LogP contribution < -0.4 is 21.3 Å². The van der Waals surface area contributed by atoms with Crippen LogP contribution in [0, 0.1) is 5.92 Å². The molecule has 0 saturated carbocycles. The van der Waals surface area contributed by atoms with Gasteiger partial charge in [0.2, 0.25) is 0 Å². The van der Waals surface area contributed by atoms with Crippen molar-refractivity contribution < 1.29 is 4.74 Å². The van der Waals surface area contributed by atoms with Crippen LogP contribution >= 0.6 is 22.9 Å². The molecule has 2 aromatic heterocycles. The van der Waals surface area contributed by atoms with Crippen molar-refractivity contribution in [3.63, 3.8) is 0 Å². The zero-order valence-corrected chi connectivity index (χ0v) is 17.6. The summed E-state index contributed by atoms with van der Waals surface area (Å²) in [6.07, 6.45) is 2.87. The fraction of sp³-hybridized carbons (Fsp3) is 0.429. The van der Waals surface area contributed by atoms with Gasteiger partial charge in [-0.05, 0) is 55.0 Å². The number of nitrogens with one attached hydrogen (secondary N) is 2. The average Bonchev–Trinajstić information content (AvgIpc) is 3.30. The van der Waals surface area contributed by atoms with Gasteiger partial charge < -0.3 is 10.1 Å². The lowest BCUT2D eigenvalue weighted by Gasteiger charge is -2.32. The van der Waals surface area contributed by atoms with Gasteiger partial charge in [-0.15, -0.1) is 11.3 Å². The summed E-state index contributed by atoms with van der Waals surface area (Å²) in [5.41, 5.74) is 2.00. The Kier molecular flexibility index (Phi) is 4.76. The second kappa shape index (κ2) is 7.31. The van der Waals surface area contributed by atoms with E-state index in [0.717, 1.165) is 25.1 Å². The van der Waals surface area contributed by atoms with E-state index in [1.807, 2.05) is 6.07 Å². The molecule has 8 heteroatoms. The minimum absolute atomic E-state index is 0.221. The Morgan fingerprint density at radius 2 is 2.21 bits per heavy atom. The number of thiophene rings is 1. The number of hydrogen-bond donors (Lipinski definition) is 2. The lowest BCUT2D eigenvalue weighted by molar-refractivity contribution is 0.371. The van der Waals surface area contributed by atoms with E-state index in [-0.39, 0.29) is 17.3 Å². The summed E-state index contributed by atoms with van der Waals surface area (Å²) in [6, 6.07) is 8.13. The lowest BCUT2D eigenvalue weighted by atomic mass is 9.73. The maximum atomic E-state index is 12.8. The van der Waals surface area contributed by atoms with E-state index in [9.17, 15) is 9.59 Å². The van der Waals surface area contributed by atoms with E-state index < -0.39 is 0 Å². The Morgan fingerprint density at radius 1 is 1.34 bits per heavy atom. The predicted octanol–water partition coefficient (Wildman–Crippen LogP) is 3.12. The topological polar surface area (TPSA) is 76.1 Å². The normalized spacial score (nSPS) is 23.2. The van der Waals surface area contributed by atoms with Crippen LogP contribution in [0.5, 0.6) is 5.75 Å². The summed E-state index contributed by atoms with van der Waals surface area (Å²) in [5, 5.41) is 4.12. The van der Waals surface area contributed by atoms with Gasteiger partial charge >= 0.3 is 5.69 Å². The fourth-order valence-corrected chi connectivity index (χ4v) is 6.20. The van der Waals surface area contributed by atoms with Crippen LogP contribution in [-0.4, -0.2) is 29.2 Å². The Bertz CT molecular complexity index is 1200. The molecule has 1 unspecified atom stereocenters. The third-order valence-electron chi connectivity index (χ3n) is 6.40. The molecule has 1 fully saturated rings. The van der Waals surface area contributed by atoms with E-state index in [2.05, 4.69) is 22.4 Å². The first kappa shape index (κ1) is 18.9. The van der Waals surface area contributed by atoms with Crippen molar-refractivity contribution in [2.24, 2.45) is 5.92 Å². The number of nitrogens with zero attached hydrogens (tertiary/aromatic N) is 1. The standard InChI is InChI=1S/C21H22ClN3O3S/c1-28-16-4-2-3-13-12(16)6-5-11-10-23-15(18(11)13)7-8-25-20(26)14-9-17(22)29-19(14)24-21(25)27/h2-4,9,11,15,18,23H,5-8,10H2,1H3,(H,24,27)/t11-,15?,18+/m0/s1. The van der Waals surface area contributed by atoms with Gasteiger partial charge in [-0.3, -0.25) is 14.3 Å². The summed E-state index contributed by atoms with van der Waals surface area (Å²) in [5.74, 6) is 1.91. The SMILES string of the molecule is COc1cccc2c1CC[C@H]1CNC(CCn3c(=O)[nH]c4sc(Cl)cc4c3=O)[C@@H]21. The molecule has 0 bridgehead atoms. The van der Waals surface area contributed by atoms with E-state index >= 15 is 0 Å². The van der Waals surface area contributed by atoms with Crippen LogP contribution in [0.15, 0.2) is 33.9 Å². The minimum atomic E-state index is -0.374. The summed E-state index contributed by atoms with van der Waals surface area (Å²) in [6.45, 7) is 1.34. The van der Waals surface area contributed by atoms with Gasteiger partial charge in [-0.2, -0.15) is 0 Å². The number of aromatic nitrogens is 2. The third kappa shape index (κ3) is 3.12. The molecule has 0 radical (unpaired) electrons. The molecule has 0 amide bonds. The van der Waals surface area contributed by atoms with Crippen molar-refractivity contribution in [3.8, 4) is 5.75 Å². The second-order valence-electron chi connectivity index (χ2n) is 7.84. The predicted molar refractivity (Wildman–Crippen MR) is 116 cm³/mol. The van der Waals surface area contributed by atoms with E-state index in [1.54, 1.807) is 13.2 Å². The van der Waals surface area contributed by atoms with Crippen molar-refractivity contribution in [1.82, 2.24) is 14.9 Å². The van der Waals surface area contributed by atoms with Gasteiger partial charge in [0, 0.05) is 18.5 Å². The van der Waals surface area contributed by atoms with Gasteiger partial charge in [-0.25, -0.2) is 4.79 Å². The highest BCUT2D eigenvalue weighted by Gasteiger charge is 2.40. The van der Waals surface area contributed by atoms with Crippen LogP contribution in [0.1, 0.15) is 29.9 Å². The van der Waals surface area contributed by atoms with E-state index in [0.29, 0.717) is 39.4 Å². The average molecular weight is 432 g/mol. The molecule has 29 heavy (non-hydrogen) atoms. The highest BCUT2D eigenvalue weighted by molar-refractivity contribution is 7.22. The summed E-state index contributed by atoms with van der Waals surface area (Å²) >= 11 is 7.23. The molecule has 3 aromatic rings. The van der Waals surface area contributed by atoms with Crippen LogP contribution in [0.2, 0.25) is 4.34 Å². The Hall–Kier alpha value is -2.09. The quantitative estimate of drug-likeness (QED) is 0.665. The smallest absolute Gasteiger partial charge is 0.329 e. The molecule has 5 rings (SSSR count). The van der Waals surface area contributed by atoms with Gasteiger partial charge in [0.1, 0.15) is 10.6 Å². The molecule has 3 heterocycles. The first-order valence-electron chi connectivity index (χ1n) is 9.88. The van der Waals surface area contributed by atoms with E-state index in [1.165, 1.54) is 27.0 Å². The molecule has 152 valence electrons. The lowest BCUT2D eigenvalue weighted by Crippen LogP contribution is -2.37. The van der Waals surface area contributed by atoms with Gasteiger partial charge in [-0.1, -0.05) is 23.7 Å². The van der Waals surface area contributed by atoms with Crippen molar-refractivity contribution >= 4 is 33.2 Å². The van der Waals surface area contributed by atoms with E-state index in [4.69, 9.17) is 16.3 Å². The molecule has 1 aliphatic carbocycles. The zero-order valence-electron chi connectivity index (χ0n) is 16.0. The van der Waals surface area contributed by atoms with Crippen molar-refractivity contribution in [2.45, 2.75) is 37.8 Å². The molecule has 1 aliphatic heterocycles. The van der Waals surface area contributed by atoms with Crippen LogP contribution in [0.4, 0.5) is 0 Å². The molecule has 2 N–H and O–H groups in total. The molecule has 1 saturated heterocycles. The Labute approximate surface area is 176 Å². The molecule has 3 atom stereocenters. The number of H-pyrrole nitrogens is 1. The number of rotatable bonds is 4. The maximum Gasteiger partial charge on any atom is 0.329 e. The first-order chi connectivity index (χ1) is 14.1. The van der Waals surface area contributed by atoms with Crippen LogP contribution in [0.25, 0.3) is 10.2 Å². The summed E-state index contributed by atoms with van der Waals surface area (Å²) < 4.78 is 7.38. The largest absolute Gasteiger partial charge is 0.496 e. The van der Waals surface area contributed by atoms with Gasteiger partial charge in [0.05, 0.1) is 16.8 Å². The van der Waals surface area contributed by atoms with Crippen molar-refractivity contribution in [2.75, 3.05) is 13.7 Å². The molecular formula is C21H22ClN3O3S. The fourth-order valence-electron chi connectivity index (χ4n) is 5.09. The summed E-state index contributed by atoms with van der Waals surface area (Å²) in [7, 11) is 1.72. The zero-order chi connectivity index (χ0) is 20.1. The monoisotopic (exact) mass is 431 g/mol. The molecule has 1 aromatic carbocycles.